The summed E-state index contributed by atoms with van der Waals surface area (Å²) >= 11 is 0. The van der Waals surface area contributed by atoms with Crippen molar-refractivity contribution in [3.63, 3.8) is 0 Å². The molecule has 0 aliphatic carbocycles. The minimum Gasteiger partial charge on any atom is -0.394 e. The normalized spacial score (nSPS) is 6.00. The number of aliphatic hydroxyl groups excluding tert-OH is 2. The Hall–Kier alpha value is -1.38. The third kappa shape index (κ3) is 16500. The van der Waals surface area contributed by atoms with Crippen LogP contribution in [0.25, 0.3) is 0 Å². The van der Waals surface area contributed by atoms with Crippen LogP contribution in [0.1, 0.15) is 0 Å². The van der Waals surface area contributed by atoms with E-state index in [0.717, 1.165) is 0 Å². The molecular formula is C2H6N3O11Y. The van der Waals surface area contributed by atoms with Gasteiger partial charge in [-0.1, -0.05) is 0 Å². The summed E-state index contributed by atoms with van der Waals surface area (Å²) in [7, 11) is 0. The number of rotatable bonds is 1. The van der Waals surface area contributed by atoms with Crippen LogP contribution in [-0.2, 0) is 32.7 Å². The van der Waals surface area contributed by atoms with Crippen LogP contribution in [0.5, 0.6) is 0 Å². The van der Waals surface area contributed by atoms with Gasteiger partial charge < -0.3 is 56.2 Å². The van der Waals surface area contributed by atoms with Gasteiger partial charge in [0.05, 0.1) is 28.5 Å². The molecule has 0 aliphatic rings. The molecule has 0 radical (unpaired) electrons. The molecule has 0 bridgehead atoms. The molecule has 0 heterocycles. The molecule has 0 aromatic carbocycles. The summed E-state index contributed by atoms with van der Waals surface area (Å²) < 4.78 is 0. The molecule has 98 valence electrons. The van der Waals surface area contributed by atoms with Crippen LogP contribution in [0.3, 0.4) is 0 Å². The van der Waals surface area contributed by atoms with Crippen LogP contribution in [-0.4, -0.2) is 38.7 Å². The Morgan fingerprint density at radius 3 is 0.706 bits per heavy atom. The molecule has 0 aromatic rings. The number of nitrogens with zero attached hydrogens (tertiary/aromatic N) is 3. The minimum absolute atomic E-state index is 0. The Labute approximate surface area is 117 Å². The average molecular weight is 337 g/mol. The first-order chi connectivity index (χ1) is 7.11. The van der Waals surface area contributed by atoms with E-state index in [4.69, 9.17) is 56.2 Å². The first kappa shape index (κ1) is 29.6. The van der Waals surface area contributed by atoms with Crippen molar-refractivity contribution in [2.75, 3.05) is 13.2 Å². The van der Waals surface area contributed by atoms with Crippen molar-refractivity contribution in [2.45, 2.75) is 0 Å². The van der Waals surface area contributed by atoms with E-state index in [1.54, 1.807) is 0 Å². The van der Waals surface area contributed by atoms with E-state index < -0.39 is 15.3 Å². The van der Waals surface area contributed by atoms with Gasteiger partial charge in [0, 0.05) is 0 Å². The third-order valence-electron chi connectivity index (χ3n) is 0.1000. The molecule has 0 rings (SSSR count). The van der Waals surface area contributed by atoms with Gasteiger partial charge in [0.15, 0.2) is 0 Å². The average Bonchev–Trinajstić information content (AvgIpc) is 2.00. The van der Waals surface area contributed by atoms with Gasteiger partial charge in [0.1, 0.15) is 0 Å². The molecular weight excluding hydrogens is 331 g/mol. The fourth-order valence-corrected chi connectivity index (χ4v) is 0. The second kappa shape index (κ2) is 29.3. The SMILES string of the molecule is O=[N+]([O-])[O-].O=[N+]([O-])[O-].O=[N+]([O-])[O-].OCCO.[Y+3]. The standard InChI is InChI=1S/C2H6O2.3NO3.Y/c3-1-2-4;3*2-1(3)4;/h3-4H,1-2H2;;;;/q;3*-1;+3. The van der Waals surface area contributed by atoms with Crippen LogP contribution in [0.15, 0.2) is 0 Å². The summed E-state index contributed by atoms with van der Waals surface area (Å²) in [6, 6.07) is 0. The molecule has 0 aromatic heterocycles. The molecule has 0 saturated heterocycles. The maximum Gasteiger partial charge on any atom is 3.00 e. The van der Waals surface area contributed by atoms with Crippen molar-refractivity contribution in [1.82, 2.24) is 0 Å². The molecule has 0 unspecified atom stereocenters. The topological polar surface area (TPSA) is 239 Å². The summed E-state index contributed by atoms with van der Waals surface area (Å²) in [6.07, 6.45) is 0. The largest absolute Gasteiger partial charge is 3.00 e. The van der Waals surface area contributed by atoms with Crippen molar-refractivity contribution in [1.29, 1.82) is 0 Å². The van der Waals surface area contributed by atoms with E-state index in [2.05, 4.69) is 0 Å². The number of hydrogen-bond acceptors (Lipinski definition) is 11. The van der Waals surface area contributed by atoms with E-state index in [9.17, 15) is 0 Å². The van der Waals surface area contributed by atoms with E-state index in [1.807, 2.05) is 0 Å². The van der Waals surface area contributed by atoms with Crippen molar-refractivity contribution in [3.05, 3.63) is 46.0 Å². The van der Waals surface area contributed by atoms with Crippen LogP contribution < -0.4 is 0 Å². The third-order valence-corrected chi connectivity index (χ3v) is 0.1000. The molecule has 0 spiro atoms. The summed E-state index contributed by atoms with van der Waals surface area (Å²) in [5.74, 6) is 0. The Balaban J connectivity index is -0.0000000369. The van der Waals surface area contributed by atoms with Gasteiger partial charge in [-0.2, -0.15) is 0 Å². The first-order valence-corrected chi connectivity index (χ1v) is 2.78. The summed E-state index contributed by atoms with van der Waals surface area (Å²) in [5, 5.41) is 59.5. The van der Waals surface area contributed by atoms with Gasteiger partial charge in [0.25, 0.3) is 0 Å². The summed E-state index contributed by atoms with van der Waals surface area (Å²) in [5.41, 5.74) is 0. The van der Waals surface area contributed by atoms with E-state index in [1.165, 1.54) is 0 Å². The predicted octanol–water partition coefficient (Wildman–Crippen LogP) is -1.75. The zero-order valence-corrected chi connectivity index (χ0v) is 10.7. The predicted molar refractivity (Wildman–Crippen MR) is 45.3 cm³/mol. The monoisotopic (exact) mass is 337 g/mol. The van der Waals surface area contributed by atoms with Gasteiger partial charge in [-0.15, -0.1) is 0 Å². The molecule has 0 atom stereocenters. The van der Waals surface area contributed by atoms with Crippen molar-refractivity contribution < 1.29 is 58.2 Å². The Kier molecular flexibility index (Phi) is 51.0. The zero-order valence-electron chi connectivity index (χ0n) is 7.90. The maximum atomic E-state index is 8.25. The van der Waals surface area contributed by atoms with Crippen LogP contribution in [0.2, 0.25) is 0 Å². The van der Waals surface area contributed by atoms with Crippen LogP contribution in [0.4, 0.5) is 0 Å². The van der Waals surface area contributed by atoms with Gasteiger partial charge in [-0.3, -0.25) is 0 Å². The molecule has 0 aliphatic heterocycles. The second-order valence-corrected chi connectivity index (χ2v) is 1.12. The fraction of sp³-hybridized carbons (Fsp3) is 1.00. The quantitative estimate of drug-likeness (QED) is 0.401. The molecule has 14 nitrogen and oxygen atoms in total. The second-order valence-electron chi connectivity index (χ2n) is 1.12. The molecule has 15 heteroatoms. The molecule has 17 heavy (non-hydrogen) atoms. The first-order valence-electron chi connectivity index (χ1n) is 2.78. The maximum absolute atomic E-state index is 8.25. The molecule has 0 fully saturated rings. The molecule has 2 N–H and O–H groups in total. The van der Waals surface area contributed by atoms with E-state index in [0.29, 0.717) is 0 Å². The van der Waals surface area contributed by atoms with Gasteiger partial charge >= 0.3 is 32.7 Å². The van der Waals surface area contributed by atoms with E-state index in [-0.39, 0.29) is 45.9 Å². The van der Waals surface area contributed by atoms with Crippen molar-refractivity contribution >= 4 is 0 Å². The van der Waals surface area contributed by atoms with Gasteiger partial charge in [-0.25, -0.2) is 0 Å². The van der Waals surface area contributed by atoms with E-state index >= 15 is 0 Å². The Morgan fingerprint density at radius 1 is 0.647 bits per heavy atom. The number of aliphatic hydroxyl groups is 2. The Bertz CT molecular complexity index is 143. The van der Waals surface area contributed by atoms with Crippen molar-refractivity contribution in [3.8, 4) is 0 Å². The summed E-state index contributed by atoms with van der Waals surface area (Å²) in [4.78, 5) is 24.8. The Morgan fingerprint density at radius 2 is 0.706 bits per heavy atom. The molecule has 0 amide bonds. The summed E-state index contributed by atoms with van der Waals surface area (Å²) in [6.45, 7) is -0.250. The van der Waals surface area contributed by atoms with Crippen molar-refractivity contribution in [2.24, 2.45) is 0 Å². The fourth-order valence-electron chi connectivity index (χ4n) is 0. The van der Waals surface area contributed by atoms with Crippen LogP contribution in [0, 0.1) is 46.0 Å². The van der Waals surface area contributed by atoms with Gasteiger partial charge in [0.2, 0.25) is 0 Å². The smallest absolute Gasteiger partial charge is 0.394 e. The number of hydrogen-bond donors (Lipinski definition) is 2. The van der Waals surface area contributed by atoms with Gasteiger partial charge in [-0.05, 0) is 0 Å². The van der Waals surface area contributed by atoms with Crippen LogP contribution >= 0.6 is 0 Å². The molecule has 0 saturated carbocycles. The minimum atomic E-state index is -1.75. The zero-order chi connectivity index (χ0) is 14.1.